The molecule has 0 amide bonds. The van der Waals surface area contributed by atoms with E-state index in [1.54, 1.807) is 6.92 Å². The van der Waals surface area contributed by atoms with Gasteiger partial charge >= 0.3 is 0 Å². The summed E-state index contributed by atoms with van der Waals surface area (Å²) >= 11 is 0. The Labute approximate surface area is 112 Å². The molecule has 1 atom stereocenters. The molecule has 3 aromatic rings. The summed E-state index contributed by atoms with van der Waals surface area (Å²) in [7, 11) is 0. The fourth-order valence-electron chi connectivity index (χ4n) is 2.33. The highest BCUT2D eigenvalue weighted by atomic mass is 16.3. The van der Waals surface area contributed by atoms with Crippen LogP contribution < -0.4 is 0 Å². The monoisotopic (exact) mass is 252 g/mol. The number of para-hydroxylation sites is 1. The van der Waals surface area contributed by atoms with Crippen LogP contribution in [0.25, 0.3) is 16.6 Å². The van der Waals surface area contributed by atoms with E-state index in [4.69, 9.17) is 0 Å². The Morgan fingerprint density at radius 3 is 2.68 bits per heavy atom. The highest BCUT2D eigenvalue weighted by Crippen LogP contribution is 2.20. The van der Waals surface area contributed by atoms with Crippen LogP contribution in [-0.2, 0) is 6.42 Å². The summed E-state index contributed by atoms with van der Waals surface area (Å²) < 4.78 is 1.93. The Hall–Kier alpha value is -2.13. The zero-order valence-corrected chi connectivity index (χ0v) is 10.8. The lowest BCUT2D eigenvalue weighted by Gasteiger charge is -2.06. The Morgan fingerprint density at radius 2 is 1.95 bits per heavy atom. The molecule has 0 aliphatic carbocycles. The van der Waals surface area contributed by atoms with Gasteiger partial charge in [-0.3, -0.25) is 0 Å². The van der Waals surface area contributed by atoms with Crippen LogP contribution in [0.5, 0.6) is 0 Å². The van der Waals surface area contributed by atoms with Crippen LogP contribution in [0.3, 0.4) is 0 Å². The molecule has 3 rings (SSSR count). The topological polar surface area (TPSA) is 38.1 Å². The minimum atomic E-state index is -0.318. The Morgan fingerprint density at radius 1 is 1.16 bits per heavy atom. The molecule has 3 nitrogen and oxygen atoms in total. The molecule has 1 unspecified atom stereocenters. The molecule has 0 radical (unpaired) electrons. The summed E-state index contributed by atoms with van der Waals surface area (Å²) in [5.41, 5.74) is 3.27. The Bertz CT molecular complexity index is 686. The van der Waals surface area contributed by atoms with E-state index in [0.29, 0.717) is 6.42 Å². The average molecular weight is 252 g/mol. The minimum Gasteiger partial charge on any atom is -0.393 e. The predicted molar refractivity (Wildman–Crippen MR) is 76.5 cm³/mol. The van der Waals surface area contributed by atoms with E-state index >= 15 is 0 Å². The SMILES string of the molecule is CC(O)Cc1ccc2c(cnn2-c2ccccc2)c1. The average Bonchev–Trinajstić information content (AvgIpc) is 2.82. The van der Waals surface area contributed by atoms with Crippen LogP contribution >= 0.6 is 0 Å². The van der Waals surface area contributed by atoms with Crippen molar-refractivity contribution in [2.75, 3.05) is 0 Å². The summed E-state index contributed by atoms with van der Waals surface area (Å²) in [6.07, 6.45) is 2.22. The first kappa shape index (κ1) is 11.9. The van der Waals surface area contributed by atoms with Crippen LogP contribution in [-0.4, -0.2) is 21.0 Å². The van der Waals surface area contributed by atoms with E-state index in [0.717, 1.165) is 22.2 Å². The third kappa shape index (κ3) is 2.37. The largest absolute Gasteiger partial charge is 0.393 e. The standard InChI is InChI=1S/C16H16N2O/c1-12(19)9-13-7-8-16-14(10-13)11-17-18(16)15-5-3-2-4-6-15/h2-8,10-12,19H,9H2,1H3. The first-order valence-corrected chi connectivity index (χ1v) is 6.44. The van der Waals surface area contributed by atoms with Crippen molar-refractivity contribution in [2.45, 2.75) is 19.4 Å². The van der Waals surface area contributed by atoms with Gasteiger partial charge < -0.3 is 5.11 Å². The van der Waals surface area contributed by atoms with Crippen LogP contribution in [0, 0.1) is 0 Å². The maximum atomic E-state index is 9.44. The molecule has 19 heavy (non-hydrogen) atoms. The summed E-state index contributed by atoms with van der Waals surface area (Å²) in [4.78, 5) is 0. The van der Waals surface area contributed by atoms with Gasteiger partial charge in [-0.25, -0.2) is 4.68 Å². The van der Waals surface area contributed by atoms with Crippen molar-refractivity contribution in [3.05, 3.63) is 60.3 Å². The van der Waals surface area contributed by atoms with E-state index in [1.165, 1.54) is 0 Å². The van der Waals surface area contributed by atoms with Gasteiger partial charge in [0.2, 0.25) is 0 Å². The van der Waals surface area contributed by atoms with Gasteiger partial charge in [-0.05, 0) is 43.2 Å². The molecule has 0 saturated carbocycles. The van der Waals surface area contributed by atoms with E-state index < -0.39 is 0 Å². The lowest BCUT2D eigenvalue weighted by atomic mass is 10.1. The third-order valence-corrected chi connectivity index (χ3v) is 3.16. The summed E-state index contributed by atoms with van der Waals surface area (Å²) in [5.74, 6) is 0. The molecule has 1 N–H and O–H groups in total. The van der Waals surface area contributed by atoms with Crippen molar-refractivity contribution in [1.29, 1.82) is 0 Å². The number of benzene rings is 2. The van der Waals surface area contributed by atoms with Crippen molar-refractivity contribution in [3.63, 3.8) is 0 Å². The molecular formula is C16H16N2O. The quantitative estimate of drug-likeness (QED) is 0.778. The number of aromatic nitrogens is 2. The molecule has 96 valence electrons. The number of hydrogen-bond donors (Lipinski definition) is 1. The number of hydrogen-bond acceptors (Lipinski definition) is 2. The van der Waals surface area contributed by atoms with Gasteiger partial charge in [0.05, 0.1) is 23.5 Å². The molecule has 0 fully saturated rings. The molecule has 3 heteroatoms. The maximum Gasteiger partial charge on any atom is 0.0741 e. The van der Waals surface area contributed by atoms with Crippen LogP contribution in [0.15, 0.2) is 54.7 Å². The Kier molecular flexibility index (Phi) is 3.05. The van der Waals surface area contributed by atoms with Crippen molar-refractivity contribution in [1.82, 2.24) is 9.78 Å². The zero-order chi connectivity index (χ0) is 13.2. The number of rotatable bonds is 3. The second-order valence-corrected chi connectivity index (χ2v) is 4.84. The van der Waals surface area contributed by atoms with Crippen LogP contribution in [0.1, 0.15) is 12.5 Å². The van der Waals surface area contributed by atoms with Gasteiger partial charge in [0.25, 0.3) is 0 Å². The van der Waals surface area contributed by atoms with Gasteiger partial charge in [0, 0.05) is 5.39 Å². The highest BCUT2D eigenvalue weighted by molar-refractivity contribution is 5.81. The molecular weight excluding hydrogens is 236 g/mol. The van der Waals surface area contributed by atoms with E-state index in [1.807, 2.05) is 41.2 Å². The summed E-state index contributed by atoms with van der Waals surface area (Å²) in [6, 6.07) is 16.3. The smallest absolute Gasteiger partial charge is 0.0741 e. The van der Waals surface area contributed by atoms with Crippen LogP contribution in [0.2, 0.25) is 0 Å². The number of aliphatic hydroxyl groups is 1. The zero-order valence-electron chi connectivity index (χ0n) is 10.8. The fourth-order valence-corrected chi connectivity index (χ4v) is 2.33. The van der Waals surface area contributed by atoms with Gasteiger partial charge in [0.1, 0.15) is 0 Å². The molecule has 0 saturated heterocycles. The molecule has 0 spiro atoms. The van der Waals surface area contributed by atoms with Crippen molar-refractivity contribution in [2.24, 2.45) is 0 Å². The molecule has 0 bridgehead atoms. The van der Waals surface area contributed by atoms with Gasteiger partial charge in [0.15, 0.2) is 0 Å². The Balaban J connectivity index is 2.05. The molecule has 0 aliphatic heterocycles. The number of nitrogens with zero attached hydrogens (tertiary/aromatic N) is 2. The molecule has 1 aromatic heterocycles. The maximum absolute atomic E-state index is 9.44. The highest BCUT2D eigenvalue weighted by Gasteiger charge is 2.06. The predicted octanol–water partition coefficient (Wildman–Crippen LogP) is 2.95. The van der Waals surface area contributed by atoms with Crippen molar-refractivity contribution >= 4 is 10.9 Å². The first-order valence-electron chi connectivity index (χ1n) is 6.44. The summed E-state index contributed by atoms with van der Waals surface area (Å²) in [5, 5.41) is 15.0. The second kappa shape index (κ2) is 4.86. The molecule has 2 aromatic carbocycles. The van der Waals surface area contributed by atoms with Crippen molar-refractivity contribution < 1.29 is 5.11 Å². The van der Waals surface area contributed by atoms with Crippen LogP contribution in [0.4, 0.5) is 0 Å². The van der Waals surface area contributed by atoms with E-state index in [-0.39, 0.29) is 6.10 Å². The fraction of sp³-hybridized carbons (Fsp3) is 0.188. The van der Waals surface area contributed by atoms with Gasteiger partial charge in [-0.15, -0.1) is 0 Å². The first-order chi connectivity index (χ1) is 9.24. The van der Waals surface area contributed by atoms with E-state index in [9.17, 15) is 5.11 Å². The molecule has 1 heterocycles. The normalized spacial score (nSPS) is 12.7. The lowest BCUT2D eigenvalue weighted by molar-refractivity contribution is 0.195. The minimum absolute atomic E-state index is 0.318. The lowest BCUT2D eigenvalue weighted by Crippen LogP contribution is -2.03. The second-order valence-electron chi connectivity index (χ2n) is 4.84. The number of fused-ring (bicyclic) bond motifs is 1. The number of aliphatic hydroxyl groups excluding tert-OH is 1. The third-order valence-electron chi connectivity index (χ3n) is 3.16. The van der Waals surface area contributed by atoms with E-state index in [2.05, 4.69) is 23.3 Å². The molecule has 0 aliphatic rings. The van der Waals surface area contributed by atoms with Gasteiger partial charge in [-0.2, -0.15) is 5.10 Å². The van der Waals surface area contributed by atoms with Gasteiger partial charge in [-0.1, -0.05) is 24.3 Å². The summed E-state index contributed by atoms with van der Waals surface area (Å²) in [6.45, 7) is 1.80. The van der Waals surface area contributed by atoms with Crippen molar-refractivity contribution in [3.8, 4) is 5.69 Å².